The van der Waals surface area contributed by atoms with E-state index in [9.17, 15) is 14.0 Å². The van der Waals surface area contributed by atoms with E-state index in [0.29, 0.717) is 42.7 Å². The van der Waals surface area contributed by atoms with Gasteiger partial charge in [-0.1, -0.05) is 32.0 Å². The normalized spacial score (nSPS) is 15.9. The summed E-state index contributed by atoms with van der Waals surface area (Å²) in [5.41, 5.74) is 3.32. The molecule has 0 bridgehead atoms. The van der Waals surface area contributed by atoms with Crippen LogP contribution in [0.4, 0.5) is 4.39 Å². The number of H-pyrrole nitrogens is 1. The second kappa shape index (κ2) is 8.76. The second-order valence-corrected chi connectivity index (χ2v) is 7.69. The van der Waals surface area contributed by atoms with Crippen LogP contribution in [0.2, 0.25) is 0 Å². The van der Waals surface area contributed by atoms with Crippen LogP contribution >= 0.6 is 0 Å². The number of fused-ring (bicyclic) bond motifs is 3. The molecule has 2 heterocycles. The first-order valence-corrected chi connectivity index (χ1v) is 10.6. The van der Waals surface area contributed by atoms with Crippen molar-refractivity contribution in [1.82, 2.24) is 9.88 Å². The number of hydrogen-bond donors (Lipinski definition) is 1. The lowest BCUT2D eigenvalue weighted by molar-refractivity contribution is -0.136. The summed E-state index contributed by atoms with van der Waals surface area (Å²) in [6.45, 7) is 4.24. The van der Waals surface area contributed by atoms with E-state index < -0.39 is 11.8 Å². The summed E-state index contributed by atoms with van der Waals surface area (Å²) >= 11 is 0. The number of hydrogen-bond acceptors (Lipinski definition) is 3. The molecular formula is C25H25FN2O3. The molecule has 0 aliphatic carbocycles. The smallest absolute Gasteiger partial charge is 0.341 e. The Morgan fingerprint density at radius 1 is 1.13 bits per heavy atom. The van der Waals surface area contributed by atoms with E-state index in [4.69, 9.17) is 4.74 Å². The van der Waals surface area contributed by atoms with Gasteiger partial charge in [0, 0.05) is 28.7 Å². The highest BCUT2D eigenvalue weighted by Crippen LogP contribution is 2.34. The molecule has 0 spiro atoms. The first kappa shape index (κ1) is 20.8. The van der Waals surface area contributed by atoms with Crippen molar-refractivity contribution in [2.45, 2.75) is 39.2 Å². The molecule has 4 rings (SSSR count). The van der Waals surface area contributed by atoms with Crippen molar-refractivity contribution in [3.05, 3.63) is 77.4 Å². The summed E-state index contributed by atoms with van der Waals surface area (Å²) < 4.78 is 18.8. The molecule has 1 unspecified atom stereocenters. The highest BCUT2D eigenvalue weighted by atomic mass is 19.1. The summed E-state index contributed by atoms with van der Waals surface area (Å²) in [4.78, 5) is 31.3. The van der Waals surface area contributed by atoms with Gasteiger partial charge < -0.3 is 14.6 Å². The Kier molecular flexibility index (Phi) is 5.89. The topological polar surface area (TPSA) is 62.4 Å². The predicted octanol–water partition coefficient (Wildman–Crippen LogP) is 5.08. The molecule has 3 aromatic rings. The number of amides is 1. The number of nitrogens with one attached hydrogen (secondary N) is 1. The minimum atomic E-state index is -0.469. The quantitative estimate of drug-likeness (QED) is 0.586. The molecule has 160 valence electrons. The number of nitrogens with zero attached hydrogens (tertiary/aromatic N) is 1. The van der Waals surface area contributed by atoms with Crippen molar-refractivity contribution in [3.8, 4) is 0 Å². The van der Waals surface area contributed by atoms with Gasteiger partial charge in [-0.25, -0.2) is 9.18 Å². The van der Waals surface area contributed by atoms with Gasteiger partial charge in [0.2, 0.25) is 0 Å². The number of halogens is 1. The molecule has 2 aromatic carbocycles. The predicted molar refractivity (Wildman–Crippen MR) is 118 cm³/mol. The van der Waals surface area contributed by atoms with Crippen molar-refractivity contribution in [1.29, 1.82) is 0 Å². The van der Waals surface area contributed by atoms with E-state index >= 15 is 0 Å². The number of benzene rings is 2. The molecular weight excluding hydrogens is 395 g/mol. The minimum absolute atomic E-state index is 0.160. The largest absolute Gasteiger partial charge is 0.462 e. The highest BCUT2D eigenvalue weighted by Gasteiger charge is 2.32. The lowest BCUT2D eigenvalue weighted by atomic mass is 9.99. The first-order chi connectivity index (χ1) is 15.0. The van der Waals surface area contributed by atoms with E-state index in [2.05, 4.69) is 4.98 Å². The van der Waals surface area contributed by atoms with Gasteiger partial charge in [0.15, 0.2) is 0 Å². The fourth-order valence-electron chi connectivity index (χ4n) is 4.02. The van der Waals surface area contributed by atoms with Gasteiger partial charge in [-0.2, -0.15) is 0 Å². The maximum Gasteiger partial charge on any atom is 0.341 e. The molecule has 1 atom stereocenters. The summed E-state index contributed by atoms with van der Waals surface area (Å²) in [5.74, 6) is -1.15. The van der Waals surface area contributed by atoms with Crippen molar-refractivity contribution < 1.29 is 18.7 Å². The van der Waals surface area contributed by atoms with Crippen LogP contribution in [0.3, 0.4) is 0 Å². The number of carbonyl (C=O) groups is 2. The van der Waals surface area contributed by atoms with Gasteiger partial charge in [-0.3, -0.25) is 4.79 Å². The van der Waals surface area contributed by atoms with Gasteiger partial charge in [0.1, 0.15) is 5.82 Å². The third kappa shape index (κ3) is 3.98. The van der Waals surface area contributed by atoms with Gasteiger partial charge in [0.25, 0.3) is 5.91 Å². The fourth-order valence-corrected chi connectivity index (χ4v) is 4.02. The van der Waals surface area contributed by atoms with Crippen LogP contribution in [0, 0.1) is 5.82 Å². The van der Waals surface area contributed by atoms with Crippen LogP contribution in [0.1, 0.15) is 48.3 Å². The van der Waals surface area contributed by atoms with Crippen LogP contribution in [0.5, 0.6) is 0 Å². The lowest BCUT2D eigenvalue weighted by Gasteiger charge is -2.27. The van der Waals surface area contributed by atoms with E-state index in [1.165, 1.54) is 24.3 Å². The molecule has 5 nitrogen and oxygen atoms in total. The summed E-state index contributed by atoms with van der Waals surface area (Å²) in [7, 11) is 0. The number of ether oxygens (including phenoxy) is 1. The Hall–Kier alpha value is -3.41. The molecule has 0 radical (unpaired) electrons. The molecule has 1 aromatic heterocycles. The number of aromatic nitrogens is 1. The maximum absolute atomic E-state index is 13.4. The van der Waals surface area contributed by atoms with Gasteiger partial charge in [-0.15, -0.1) is 0 Å². The molecule has 0 fully saturated rings. The van der Waals surface area contributed by atoms with E-state index in [0.717, 1.165) is 16.5 Å². The Bertz CT molecular complexity index is 1150. The number of para-hydroxylation sites is 1. The SMILES string of the molecule is CCCOC(=O)C1=CN(C(=O)c2ccc(F)cc2)C(CC)Cc2c1[nH]c1ccccc21. The van der Waals surface area contributed by atoms with Crippen molar-refractivity contribution >= 4 is 28.4 Å². The Morgan fingerprint density at radius 3 is 2.58 bits per heavy atom. The van der Waals surface area contributed by atoms with Crippen LogP contribution in [-0.2, 0) is 16.0 Å². The second-order valence-electron chi connectivity index (χ2n) is 7.69. The summed E-state index contributed by atoms with van der Waals surface area (Å²) in [5, 5.41) is 1.03. The van der Waals surface area contributed by atoms with Crippen molar-refractivity contribution in [2.24, 2.45) is 0 Å². The zero-order chi connectivity index (χ0) is 22.0. The number of esters is 1. The van der Waals surface area contributed by atoms with Crippen LogP contribution in [0.15, 0.2) is 54.7 Å². The average molecular weight is 420 g/mol. The van der Waals surface area contributed by atoms with Crippen molar-refractivity contribution in [2.75, 3.05) is 6.61 Å². The molecule has 0 saturated carbocycles. The molecule has 1 amide bonds. The van der Waals surface area contributed by atoms with Crippen LogP contribution in [0.25, 0.3) is 16.5 Å². The monoisotopic (exact) mass is 420 g/mol. The zero-order valence-corrected chi connectivity index (χ0v) is 17.7. The van der Waals surface area contributed by atoms with Crippen molar-refractivity contribution in [3.63, 3.8) is 0 Å². The standard InChI is InChI=1S/C25H25FN2O3/c1-3-13-31-25(30)21-15-28(24(29)16-9-11-17(26)12-10-16)18(4-2)14-20-19-7-5-6-8-22(19)27-23(20)21/h5-12,15,18,27H,3-4,13-14H2,1-2H3. The minimum Gasteiger partial charge on any atom is -0.462 e. The highest BCUT2D eigenvalue weighted by molar-refractivity contribution is 6.18. The van der Waals surface area contributed by atoms with Gasteiger partial charge in [0.05, 0.1) is 17.9 Å². The summed E-state index contributed by atoms with van der Waals surface area (Å²) in [6, 6.07) is 13.2. The molecule has 0 saturated heterocycles. The Labute approximate surface area is 180 Å². The van der Waals surface area contributed by atoms with E-state index in [1.807, 2.05) is 38.1 Å². The number of aromatic amines is 1. The van der Waals surface area contributed by atoms with E-state index in [1.54, 1.807) is 11.1 Å². The van der Waals surface area contributed by atoms with Crippen LogP contribution < -0.4 is 0 Å². The number of carbonyl (C=O) groups excluding carboxylic acids is 2. The lowest BCUT2D eigenvalue weighted by Crippen LogP contribution is -2.37. The van der Waals surface area contributed by atoms with Gasteiger partial charge in [-0.05, 0) is 55.2 Å². The molecule has 1 aliphatic rings. The van der Waals surface area contributed by atoms with Gasteiger partial charge >= 0.3 is 5.97 Å². The molecule has 31 heavy (non-hydrogen) atoms. The first-order valence-electron chi connectivity index (χ1n) is 10.6. The number of rotatable bonds is 5. The molecule has 6 heteroatoms. The molecule has 1 aliphatic heterocycles. The zero-order valence-electron chi connectivity index (χ0n) is 17.7. The Balaban J connectivity index is 1.84. The average Bonchev–Trinajstić information content (AvgIpc) is 3.06. The Morgan fingerprint density at radius 2 is 1.87 bits per heavy atom. The third-order valence-electron chi connectivity index (χ3n) is 5.64. The third-order valence-corrected chi connectivity index (χ3v) is 5.64. The summed E-state index contributed by atoms with van der Waals surface area (Å²) in [6.07, 6.45) is 3.58. The van der Waals surface area contributed by atoms with Crippen LogP contribution in [-0.4, -0.2) is 34.4 Å². The molecule has 1 N–H and O–H groups in total. The maximum atomic E-state index is 13.4. The fraction of sp³-hybridized carbons (Fsp3) is 0.280. The van der Waals surface area contributed by atoms with E-state index in [-0.39, 0.29) is 11.9 Å².